The molecule has 2 aromatic rings. The van der Waals surface area contributed by atoms with Gasteiger partial charge in [0.05, 0.1) is 0 Å². The van der Waals surface area contributed by atoms with E-state index < -0.39 is 0 Å². The summed E-state index contributed by atoms with van der Waals surface area (Å²) < 4.78 is 0. The van der Waals surface area contributed by atoms with Crippen molar-refractivity contribution in [1.29, 1.82) is 0 Å². The molecule has 0 bridgehead atoms. The van der Waals surface area contributed by atoms with Crippen LogP contribution in [0.15, 0.2) is 29.4 Å². The average Bonchev–Trinajstić information content (AvgIpc) is 3.06. The minimum absolute atomic E-state index is 0. The summed E-state index contributed by atoms with van der Waals surface area (Å²) >= 11 is 0. The summed E-state index contributed by atoms with van der Waals surface area (Å²) in [7, 11) is 1.84. The number of aliphatic imine (C=N–C) groups is 1. The molecule has 0 radical (unpaired) electrons. The number of nitrogens with one attached hydrogen (secondary N) is 3. The maximum atomic E-state index is 4.33. The number of rotatable bonds is 6. The molecule has 0 atom stereocenters. The van der Waals surface area contributed by atoms with Gasteiger partial charge in [-0.2, -0.15) is 0 Å². The zero-order chi connectivity index (χ0) is 17.5. The molecule has 5 nitrogen and oxygen atoms in total. The number of hydrogen-bond acceptors (Lipinski definition) is 2. The van der Waals surface area contributed by atoms with E-state index in [9.17, 15) is 0 Å². The van der Waals surface area contributed by atoms with Gasteiger partial charge in [0.2, 0.25) is 0 Å². The number of nitrogens with zero attached hydrogens (tertiary/aromatic N) is 2. The molecule has 144 valence electrons. The van der Waals surface area contributed by atoms with E-state index in [2.05, 4.69) is 56.8 Å². The molecule has 0 saturated carbocycles. The Balaban J connectivity index is 0.00000243. The highest BCUT2D eigenvalue weighted by Crippen LogP contribution is 2.21. The van der Waals surface area contributed by atoms with Gasteiger partial charge in [0.1, 0.15) is 0 Å². The van der Waals surface area contributed by atoms with E-state index in [1.165, 1.54) is 54.4 Å². The van der Waals surface area contributed by atoms with Gasteiger partial charge in [0.15, 0.2) is 5.96 Å². The number of aromatic nitrogens is 1. The molecule has 1 aromatic carbocycles. The summed E-state index contributed by atoms with van der Waals surface area (Å²) in [5, 5.41) is 8.19. The van der Waals surface area contributed by atoms with Gasteiger partial charge in [-0.1, -0.05) is 24.6 Å². The molecular formula is C20H32IN5. The summed E-state index contributed by atoms with van der Waals surface area (Å²) in [5.74, 6) is 0.896. The number of aryl methyl sites for hydroxylation is 1. The topological polar surface area (TPSA) is 55.5 Å². The first kappa shape index (κ1) is 21.0. The van der Waals surface area contributed by atoms with Crippen molar-refractivity contribution >= 4 is 40.8 Å². The van der Waals surface area contributed by atoms with Crippen LogP contribution in [0.3, 0.4) is 0 Å². The number of H-pyrrole nitrogens is 1. The van der Waals surface area contributed by atoms with E-state index in [-0.39, 0.29) is 24.0 Å². The van der Waals surface area contributed by atoms with Crippen molar-refractivity contribution in [3.8, 4) is 0 Å². The second kappa shape index (κ2) is 10.8. The number of likely N-dealkylation sites (tertiary alicyclic amines) is 1. The quantitative estimate of drug-likeness (QED) is 0.346. The van der Waals surface area contributed by atoms with Crippen LogP contribution in [0.1, 0.15) is 30.4 Å². The van der Waals surface area contributed by atoms with Gasteiger partial charge in [-0.3, -0.25) is 4.99 Å². The number of para-hydroxylation sites is 1. The lowest BCUT2D eigenvalue weighted by molar-refractivity contribution is 0.232. The van der Waals surface area contributed by atoms with E-state index in [1.807, 2.05) is 7.05 Å². The molecular weight excluding hydrogens is 437 g/mol. The van der Waals surface area contributed by atoms with E-state index in [0.29, 0.717) is 0 Å². The van der Waals surface area contributed by atoms with Crippen LogP contribution in [0.5, 0.6) is 0 Å². The second-order valence-electron chi connectivity index (χ2n) is 6.89. The Morgan fingerprint density at radius 2 is 1.92 bits per heavy atom. The van der Waals surface area contributed by atoms with Gasteiger partial charge < -0.3 is 20.5 Å². The van der Waals surface area contributed by atoms with E-state index in [0.717, 1.165) is 32.0 Å². The van der Waals surface area contributed by atoms with Crippen molar-refractivity contribution in [2.24, 2.45) is 4.99 Å². The third kappa shape index (κ3) is 5.61. The lowest BCUT2D eigenvalue weighted by atomic mass is 10.1. The fourth-order valence-corrected chi connectivity index (χ4v) is 3.62. The highest BCUT2D eigenvalue weighted by atomic mass is 127. The molecule has 6 heteroatoms. The lowest BCUT2D eigenvalue weighted by Crippen LogP contribution is -2.43. The van der Waals surface area contributed by atoms with Crippen molar-refractivity contribution in [3.05, 3.63) is 35.5 Å². The summed E-state index contributed by atoms with van der Waals surface area (Å²) in [5.41, 5.74) is 3.91. The fourth-order valence-electron chi connectivity index (χ4n) is 3.62. The first-order valence-corrected chi connectivity index (χ1v) is 9.50. The minimum atomic E-state index is 0. The molecule has 1 aliphatic rings. The zero-order valence-electron chi connectivity index (χ0n) is 16.0. The van der Waals surface area contributed by atoms with Crippen molar-refractivity contribution in [2.45, 2.75) is 32.6 Å². The van der Waals surface area contributed by atoms with Gasteiger partial charge in [0.25, 0.3) is 0 Å². The summed E-state index contributed by atoms with van der Waals surface area (Å²) in [4.78, 5) is 10.3. The Morgan fingerprint density at radius 3 is 2.69 bits per heavy atom. The van der Waals surface area contributed by atoms with Crippen LogP contribution in [0, 0.1) is 6.92 Å². The van der Waals surface area contributed by atoms with Crippen molar-refractivity contribution < 1.29 is 0 Å². The van der Waals surface area contributed by atoms with Gasteiger partial charge >= 0.3 is 0 Å². The normalized spacial score (nSPS) is 15.7. The monoisotopic (exact) mass is 469 g/mol. The van der Waals surface area contributed by atoms with E-state index in [1.54, 1.807) is 0 Å². The third-order valence-corrected chi connectivity index (χ3v) is 5.09. The van der Waals surface area contributed by atoms with E-state index >= 15 is 0 Å². The molecule has 0 aliphatic carbocycles. The van der Waals surface area contributed by atoms with Crippen LogP contribution in [0.25, 0.3) is 10.9 Å². The molecule has 1 saturated heterocycles. The summed E-state index contributed by atoms with van der Waals surface area (Å²) in [6, 6.07) is 6.47. The van der Waals surface area contributed by atoms with Gasteiger partial charge in [-0.05, 0) is 50.4 Å². The van der Waals surface area contributed by atoms with Crippen molar-refractivity contribution in [3.63, 3.8) is 0 Å². The molecule has 26 heavy (non-hydrogen) atoms. The predicted molar refractivity (Wildman–Crippen MR) is 122 cm³/mol. The van der Waals surface area contributed by atoms with Crippen LogP contribution in [0.2, 0.25) is 0 Å². The van der Waals surface area contributed by atoms with Crippen molar-refractivity contribution in [1.82, 2.24) is 20.5 Å². The SMILES string of the molecule is CN=C(NCCc1c[nH]c2c(C)cccc12)NCCN1CCCCC1.I. The molecule has 2 heterocycles. The minimum Gasteiger partial charge on any atom is -0.361 e. The molecule has 0 unspecified atom stereocenters. The number of guanidine groups is 1. The Labute approximate surface area is 174 Å². The molecule has 3 rings (SSSR count). The molecule has 1 aromatic heterocycles. The Hall–Kier alpha value is -1.28. The standard InChI is InChI=1S/C20H31N5.HI/c1-16-7-6-8-18-17(15-24-19(16)18)9-10-22-20(21-2)23-11-14-25-12-4-3-5-13-25;/h6-8,15,24H,3-5,9-14H2,1-2H3,(H2,21,22,23);1H. The van der Waals surface area contributed by atoms with Crippen LogP contribution in [0.4, 0.5) is 0 Å². The molecule has 1 fully saturated rings. The molecule has 0 amide bonds. The lowest BCUT2D eigenvalue weighted by Gasteiger charge is -2.26. The highest BCUT2D eigenvalue weighted by Gasteiger charge is 2.09. The average molecular weight is 469 g/mol. The Morgan fingerprint density at radius 1 is 1.15 bits per heavy atom. The fraction of sp³-hybridized carbons (Fsp3) is 0.550. The van der Waals surface area contributed by atoms with Crippen LogP contribution in [-0.4, -0.2) is 55.6 Å². The number of aromatic amines is 1. The second-order valence-corrected chi connectivity index (χ2v) is 6.89. The first-order chi connectivity index (χ1) is 12.3. The maximum Gasteiger partial charge on any atom is 0.191 e. The van der Waals surface area contributed by atoms with E-state index in [4.69, 9.17) is 0 Å². The number of fused-ring (bicyclic) bond motifs is 1. The molecule has 0 spiro atoms. The van der Waals surface area contributed by atoms with Crippen LogP contribution >= 0.6 is 24.0 Å². The van der Waals surface area contributed by atoms with Gasteiger partial charge in [0, 0.05) is 43.8 Å². The van der Waals surface area contributed by atoms with Crippen LogP contribution < -0.4 is 10.6 Å². The number of halogens is 1. The first-order valence-electron chi connectivity index (χ1n) is 9.50. The Bertz CT molecular complexity index is 703. The highest BCUT2D eigenvalue weighted by molar-refractivity contribution is 14.0. The number of benzene rings is 1. The van der Waals surface area contributed by atoms with Crippen molar-refractivity contribution in [2.75, 3.05) is 39.8 Å². The predicted octanol–water partition coefficient (Wildman–Crippen LogP) is 3.29. The van der Waals surface area contributed by atoms with Gasteiger partial charge in [-0.15, -0.1) is 24.0 Å². The number of hydrogen-bond donors (Lipinski definition) is 3. The number of piperidine rings is 1. The molecule has 1 aliphatic heterocycles. The maximum absolute atomic E-state index is 4.33. The smallest absolute Gasteiger partial charge is 0.191 e. The summed E-state index contributed by atoms with van der Waals surface area (Å²) in [6.07, 6.45) is 7.19. The summed E-state index contributed by atoms with van der Waals surface area (Å²) in [6.45, 7) is 7.56. The zero-order valence-corrected chi connectivity index (χ0v) is 18.3. The van der Waals surface area contributed by atoms with Crippen LogP contribution in [-0.2, 0) is 6.42 Å². The molecule has 3 N–H and O–H groups in total. The van der Waals surface area contributed by atoms with Gasteiger partial charge in [-0.25, -0.2) is 0 Å². The largest absolute Gasteiger partial charge is 0.361 e. The Kier molecular flexibility index (Phi) is 8.71. The third-order valence-electron chi connectivity index (χ3n) is 5.09.